The van der Waals surface area contributed by atoms with Crippen LogP contribution in [-0.4, -0.2) is 28.4 Å². The summed E-state index contributed by atoms with van der Waals surface area (Å²) in [4.78, 5) is 24.8. The summed E-state index contributed by atoms with van der Waals surface area (Å²) in [6.45, 7) is 1.80. The Morgan fingerprint density at radius 2 is 2.26 bits per heavy atom. The van der Waals surface area contributed by atoms with E-state index in [1.165, 1.54) is 4.90 Å². The lowest BCUT2D eigenvalue weighted by atomic mass is 9.85. The quantitative estimate of drug-likeness (QED) is 0.818. The fourth-order valence-corrected chi connectivity index (χ4v) is 2.91. The first-order valence-corrected chi connectivity index (χ1v) is 7.08. The van der Waals surface area contributed by atoms with Crippen LogP contribution in [0.4, 0.5) is 0 Å². The number of hydrogen-bond acceptors (Lipinski definition) is 2. The first-order valence-electron chi connectivity index (χ1n) is 6.29. The van der Waals surface area contributed by atoms with Crippen LogP contribution in [0.15, 0.2) is 28.7 Å². The van der Waals surface area contributed by atoms with Crippen molar-refractivity contribution in [2.75, 3.05) is 0 Å². The van der Waals surface area contributed by atoms with Crippen molar-refractivity contribution in [1.29, 1.82) is 0 Å². The molecule has 0 radical (unpaired) electrons. The van der Waals surface area contributed by atoms with Crippen LogP contribution >= 0.6 is 15.9 Å². The summed E-state index contributed by atoms with van der Waals surface area (Å²) in [6, 6.07) is 7.22. The van der Waals surface area contributed by atoms with Crippen LogP contribution < -0.4 is 0 Å². The van der Waals surface area contributed by atoms with Gasteiger partial charge >= 0.3 is 5.97 Å². The van der Waals surface area contributed by atoms with Crippen LogP contribution in [-0.2, 0) is 15.1 Å². The van der Waals surface area contributed by atoms with E-state index >= 15 is 0 Å². The molecule has 0 heterocycles. The van der Waals surface area contributed by atoms with Crippen molar-refractivity contribution in [2.45, 2.75) is 37.8 Å². The second-order valence-corrected chi connectivity index (χ2v) is 5.69. The maximum Gasteiger partial charge on any atom is 0.334 e. The maximum atomic E-state index is 11.9. The molecule has 5 heteroatoms. The lowest BCUT2D eigenvalue weighted by Crippen LogP contribution is -2.52. The van der Waals surface area contributed by atoms with E-state index in [1.807, 2.05) is 6.07 Å². The molecule has 0 spiro atoms. The van der Waals surface area contributed by atoms with Crippen LogP contribution in [0.1, 0.15) is 31.7 Å². The van der Waals surface area contributed by atoms with E-state index in [9.17, 15) is 14.7 Å². The molecule has 2 rings (SSSR count). The SMILES string of the molecule is CCC(C(=O)O)(c1cccc(Br)c1)N(C=O)C1CC1. The highest BCUT2D eigenvalue weighted by Crippen LogP contribution is 2.40. The number of benzene rings is 1. The molecule has 1 aliphatic carbocycles. The van der Waals surface area contributed by atoms with Gasteiger partial charge in [0.2, 0.25) is 6.41 Å². The van der Waals surface area contributed by atoms with Crippen molar-refractivity contribution in [2.24, 2.45) is 0 Å². The smallest absolute Gasteiger partial charge is 0.334 e. The third-order valence-electron chi connectivity index (χ3n) is 3.66. The standard InChI is InChI=1S/C14H16BrNO3/c1-2-14(13(18)19,16(9-17)12-6-7-12)10-4-3-5-11(15)8-10/h3-5,8-9,12H,2,6-7H2,1H3,(H,18,19). The molecule has 1 atom stereocenters. The summed E-state index contributed by atoms with van der Waals surface area (Å²) in [7, 11) is 0. The number of carbonyl (C=O) groups is 2. The minimum absolute atomic E-state index is 0.0486. The molecule has 0 bridgehead atoms. The summed E-state index contributed by atoms with van der Waals surface area (Å²) in [5.74, 6) is -0.980. The van der Waals surface area contributed by atoms with E-state index in [0.29, 0.717) is 18.4 Å². The van der Waals surface area contributed by atoms with Crippen LogP contribution in [0.2, 0.25) is 0 Å². The second-order valence-electron chi connectivity index (χ2n) is 4.77. The first kappa shape index (κ1) is 14.1. The monoisotopic (exact) mass is 325 g/mol. The van der Waals surface area contributed by atoms with Crippen molar-refractivity contribution < 1.29 is 14.7 Å². The zero-order chi connectivity index (χ0) is 14.0. The van der Waals surface area contributed by atoms with Gasteiger partial charge in [-0.3, -0.25) is 4.79 Å². The topological polar surface area (TPSA) is 57.6 Å². The molecule has 102 valence electrons. The normalized spacial score (nSPS) is 17.6. The van der Waals surface area contributed by atoms with E-state index in [1.54, 1.807) is 25.1 Å². The van der Waals surface area contributed by atoms with Gasteiger partial charge in [-0.25, -0.2) is 4.79 Å². The number of carboxylic acids is 1. The Hall–Kier alpha value is -1.36. The number of hydrogen-bond donors (Lipinski definition) is 1. The molecule has 1 amide bonds. The maximum absolute atomic E-state index is 11.9. The minimum atomic E-state index is -1.27. The van der Waals surface area contributed by atoms with Gasteiger partial charge in [0, 0.05) is 10.5 Å². The fourth-order valence-electron chi connectivity index (χ4n) is 2.51. The highest BCUT2D eigenvalue weighted by Gasteiger charge is 2.49. The van der Waals surface area contributed by atoms with Crippen LogP contribution in [0.5, 0.6) is 0 Å². The van der Waals surface area contributed by atoms with Gasteiger partial charge in [-0.15, -0.1) is 0 Å². The molecule has 1 fully saturated rings. The van der Waals surface area contributed by atoms with Gasteiger partial charge in [0.1, 0.15) is 0 Å². The molecular weight excluding hydrogens is 310 g/mol. The number of amides is 1. The second kappa shape index (κ2) is 5.33. The van der Waals surface area contributed by atoms with Gasteiger partial charge in [-0.1, -0.05) is 35.0 Å². The van der Waals surface area contributed by atoms with Crippen molar-refractivity contribution >= 4 is 28.3 Å². The number of halogens is 1. The van der Waals surface area contributed by atoms with Crippen molar-refractivity contribution in [3.63, 3.8) is 0 Å². The third-order valence-corrected chi connectivity index (χ3v) is 4.16. The molecule has 0 aromatic heterocycles. The van der Waals surface area contributed by atoms with Crippen molar-refractivity contribution in [1.82, 2.24) is 4.90 Å². The van der Waals surface area contributed by atoms with Gasteiger partial charge in [0.15, 0.2) is 5.54 Å². The number of carboxylic acid groups (broad SMARTS) is 1. The molecule has 1 aromatic rings. The summed E-state index contributed by atoms with van der Waals surface area (Å²) >= 11 is 3.36. The molecule has 1 unspecified atom stereocenters. The summed E-state index contributed by atoms with van der Waals surface area (Å²) < 4.78 is 0.811. The predicted octanol–water partition coefficient (Wildman–Crippen LogP) is 2.76. The summed E-state index contributed by atoms with van der Waals surface area (Å²) in [5, 5.41) is 9.73. The average Bonchev–Trinajstić information content (AvgIpc) is 3.19. The van der Waals surface area contributed by atoms with Gasteiger partial charge in [0.25, 0.3) is 0 Å². The van der Waals surface area contributed by atoms with Crippen molar-refractivity contribution in [3.8, 4) is 0 Å². The van der Waals surface area contributed by atoms with Gasteiger partial charge < -0.3 is 10.0 Å². The first-order chi connectivity index (χ1) is 9.06. The zero-order valence-electron chi connectivity index (χ0n) is 10.7. The Morgan fingerprint density at radius 1 is 1.58 bits per heavy atom. The lowest BCUT2D eigenvalue weighted by molar-refractivity contribution is -0.157. The zero-order valence-corrected chi connectivity index (χ0v) is 12.3. The molecule has 4 nitrogen and oxygen atoms in total. The minimum Gasteiger partial charge on any atom is -0.479 e. The Kier molecular flexibility index (Phi) is 3.94. The number of rotatable bonds is 6. The molecule has 1 aliphatic rings. The van der Waals surface area contributed by atoms with E-state index in [2.05, 4.69) is 15.9 Å². The van der Waals surface area contributed by atoms with Gasteiger partial charge in [0.05, 0.1) is 0 Å². The molecule has 1 saturated carbocycles. The molecular formula is C14H16BrNO3. The molecule has 0 aliphatic heterocycles. The molecule has 0 saturated heterocycles. The van der Waals surface area contributed by atoms with E-state index < -0.39 is 11.5 Å². The van der Waals surface area contributed by atoms with Crippen molar-refractivity contribution in [3.05, 3.63) is 34.3 Å². The highest BCUT2D eigenvalue weighted by atomic mass is 79.9. The number of nitrogens with zero attached hydrogens (tertiary/aromatic N) is 1. The lowest BCUT2D eigenvalue weighted by Gasteiger charge is -2.38. The van der Waals surface area contributed by atoms with Gasteiger partial charge in [-0.2, -0.15) is 0 Å². The Balaban J connectivity index is 2.55. The largest absolute Gasteiger partial charge is 0.479 e. The Bertz CT molecular complexity index is 501. The van der Waals surface area contributed by atoms with E-state index in [0.717, 1.165) is 17.3 Å². The molecule has 19 heavy (non-hydrogen) atoms. The Morgan fingerprint density at radius 3 is 2.68 bits per heavy atom. The molecule has 1 aromatic carbocycles. The fraction of sp³-hybridized carbons (Fsp3) is 0.429. The Labute approximate surface area is 120 Å². The highest BCUT2D eigenvalue weighted by molar-refractivity contribution is 9.10. The van der Waals surface area contributed by atoms with E-state index in [-0.39, 0.29) is 6.04 Å². The number of aliphatic carboxylic acids is 1. The average molecular weight is 326 g/mol. The van der Waals surface area contributed by atoms with Crippen LogP contribution in [0.3, 0.4) is 0 Å². The van der Waals surface area contributed by atoms with Crippen LogP contribution in [0.25, 0.3) is 0 Å². The predicted molar refractivity (Wildman–Crippen MR) is 74.7 cm³/mol. The number of carbonyl (C=O) groups excluding carboxylic acids is 1. The summed E-state index contributed by atoms with van der Waals surface area (Å²) in [5.41, 5.74) is -0.636. The molecule has 1 N–H and O–H groups in total. The third kappa shape index (κ3) is 2.39. The van der Waals surface area contributed by atoms with Crippen LogP contribution in [0, 0.1) is 0 Å². The summed E-state index contributed by atoms with van der Waals surface area (Å²) in [6.07, 6.45) is 2.77. The van der Waals surface area contributed by atoms with E-state index in [4.69, 9.17) is 0 Å². The van der Waals surface area contributed by atoms with Gasteiger partial charge in [-0.05, 0) is 37.0 Å².